The number of aliphatic carboxylic acids is 1. The van der Waals surface area contributed by atoms with Gasteiger partial charge in [-0.05, 0) is 41.0 Å². The van der Waals surface area contributed by atoms with Crippen molar-refractivity contribution in [2.75, 3.05) is 5.32 Å². The van der Waals surface area contributed by atoms with Crippen molar-refractivity contribution < 1.29 is 14.7 Å². The smallest absolute Gasteiger partial charge is 0.307 e. The van der Waals surface area contributed by atoms with Crippen molar-refractivity contribution >= 4 is 17.7 Å². The van der Waals surface area contributed by atoms with Gasteiger partial charge in [-0.15, -0.1) is 0 Å². The summed E-state index contributed by atoms with van der Waals surface area (Å²) in [6.07, 6.45) is 5.04. The Labute approximate surface area is 162 Å². The lowest BCUT2D eigenvalue weighted by Gasteiger charge is -2.11. The Hall–Kier alpha value is -3.74. The summed E-state index contributed by atoms with van der Waals surface area (Å²) in [6.45, 7) is 0.871. The molecule has 0 aliphatic rings. The summed E-state index contributed by atoms with van der Waals surface area (Å²) in [6, 6.07) is 14.3. The summed E-state index contributed by atoms with van der Waals surface area (Å²) in [5.41, 5.74) is 3.10. The number of amides is 1. The summed E-state index contributed by atoms with van der Waals surface area (Å²) in [4.78, 5) is 31.6. The maximum Gasteiger partial charge on any atom is 0.307 e. The average molecular weight is 376 g/mol. The number of carboxylic acids is 1. The standard InChI is InChI=1S/C21H20N4O3/c26-19(27)12-15-3-5-16(6-4-15)14-25-21(28)18-2-1-9-23-20(18)24-13-17-7-10-22-11-8-17/h1-11H,12-14H2,(H,23,24)(H,25,28)(H,26,27). The molecular formula is C21H20N4O3. The monoisotopic (exact) mass is 376 g/mol. The van der Waals surface area contributed by atoms with Crippen LogP contribution >= 0.6 is 0 Å². The van der Waals surface area contributed by atoms with Gasteiger partial charge in [0.2, 0.25) is 0 Å². The topological polar surface area (TPSA) is 104 Å². The molecule has 0 atom stereocenters. The predicted octanol–water partition coefficient (Wildman–Crippen LogP) is 2.65. The number of benzene rings is 1. The largest absolute Gasteiger partial charge is 0.481 e. The number of carbonyl (C=O) groups excluding carboxylic acids is 1. The molecule has 0 radical (unpaired) electrons. The zero-order chi connectivity index (χ0) is 19.8. The summed E-state index contributed by atoms with van der Waals surface area (Å²) in [7, 11) is 0. The van der Waals surface area contributed by atoms with Crippen LogP contribution in [0.2, 0.25) is 0 Å². The third-order valence-electron chi connectivity index (χ3n) is 4.09. The molecule has 0 aliphatic heterocycles. The fraction of sp³-hybridized carbons (Fsp3) is 0.143. The van der Waals surface area contributed by atoms with Crippen molar-refractivity contribution in [3.05, 3.63) is 89.4 Å². The molecule has 3 rings (SSSR count). The fourth-order valence-corrected chi connectivity index (χ4v) is 2.64. The number of carboxylic acid groups (broad SMARTS) is 1. The molecule has 0 fully saturated rings. The maximum absolute atomic E-state index is 12.6. The van der Waals surface area contributed by atoms with Crippen LogP contribution in [-0.4, -0.2) is 27.0 Å². The van der Waals surface area contributed by atoms with Crippen LogP contribution in [0.3, 0.4) is 0 Å². The molecule has 0 bridgehead atoms. The number of pyridine rings is 2. The van der Waals surface area contributed by atoms with Crippen LogP contribution in [0.5, 0.6) is 0 Å². The maximum atomic E-state index is 12.6. The van der Waals surface area contributed by atoms with Crippen molar-refractivity contribution in [3.8, 4) is 0 Å². The van der Waals surface area contributed by atoms with Gasteiger partial charge in [0.25, 0.3) is 5.91 Å². The molecule has 7 heteroatoms. The highest BCUT2D eigenvalue weighted by Gasteiger charge is 2.12. The Morgan fingerprint density at radius 3 is 2.25 bits per heavy atom. The summed E-state index contributed by atoms with van der Waals surface area (Å²) in [5, 5.41) is 14.9. The molecule has 0 spiro atoms. The first-order chi connectivity index (χ1) is 13.6. The fourth-order valence-electron chi connectivity index (χ4n) is 2.64. The molecule has 1 aromatic carbocycles. The normalized spacial score (nSPS) is 10.3. The van der Waals surface area contributed by atoms with Crippen LogP contribution in [0.1, 0.15) is 27.0 Å². The second-order valence-electron chi connectivity index (χ2n) is 6.18. The highest BCUT2D eigenvalue weighted by molar-refractivity contribution is 5.98. The average Bonchev–Trinajstić information content (AvgIpc) is 2.72. The number of nitrogens with one attached hydrogen (secondary N) is 2. The van der Waals surface area contributed by atoms with Gasteiger partial charge in [-0.2, -0.15) is 0 Å². The van der Waals surface area contributed by atoms with E-state index in [2.05, 4.69) is 20.6 Å². The summed E-state index contributed by atoms with van der Waals surface area (Å²) < 4.78 is 0. The number of nitrogens with zero attached hydrogens (tertiary/aromatic N) is 2. The minimum Gasteiger partial charge on any atom is -0.481 e. The molecule has 3 aromatic rings. The second kappa shape index (κ2) is 9.27. The molecule has 7 nitrogen and oxygen atoms in total. The molecule has 1 amide bonds. The molecule has 142 valence electrons. The Kier molecular flexibility index (Phi) is 6.30. The zero-order valence-corrected chi connectivity index (χ0v) is 15.1. The Balaban J connectivity index is 1.60. The first-order valence-corrected chi connectivity index (χ1v) is 8.77. The van der Waals surface area contributed by atoms with Crippen molar-refractivity contribution in [1.82, 2.24) is 15.3 Å². The molecule has 28 heavy (non-hydrogen) atoms. The third-order valence-corrected chi connectivity index (χ3v) is 4.09. The lowest BCUT2D eigenvalue weighted by molar-refractivity contribution is -0.136. The Morgan fingerprint density at radius 1 is 0.857 bits per heavy atom. The molecule has 0 aliphatic carbocycles. The summed E-state index contributed by atoms with van der Waals surface area (Å²) in [5.74, 6) is -0.599. The molecule has 2 heterocycles. The van der Waals surface area contributed by atoms with Gasteiger partial charge in [0.05, 0.1) is 12.0 Å². The van der Waals surface area contributed by atoms with Crippen LogP contribution in [0, 0.1) is 0 Å². The number of aromatic nitrogens is 2. The first kappa shape index (κ1) is 19.0. The SMILES string of the molecule is O=C(O)Cc1ccc(CNC(=O)c2cccnc2NCc2ccncc2)cc1. The van der Waals surface area contributed by atoms with Gasteiger partial charge in [-0.3, -0.25) is 14.6 Å². The van der Waals surface area contributed by atoms with Crippen molar-refractivity contribution in [2.45, 2.75) is 19.5 Å². The minimum absolute atomic E-state index is 0.0190. The van der Waals surface area contributed by atoms with Gasteiger partial charge in [-0.1, -0.05) is 24.3 Å². The van der Waals surface area contributed by atoms with Crippen LogP contribution < -0.4 is 10.6 Å². The van der Waals surface area contributed by atoms with Crippen LogP contribution in [0.15, 0.2) is 67.1 Å². The van der Waals surface area contributed by atoms with Gasteiger partial charge >= 0.3 is 5.97 Å². The van der Waals surface area contributed by atoms with E-state index in [0.29, 0.717) is 24.5 Å². The predicted molar refractivity (Wildman–Crippen MR) is 105 cm³/mol. The lowest BCUT2D eigenvalue weighted by atomic mass is 10.1. The van der Waals surface area contributed by atoms with E-state index in [1.54, 1.807) is 42.9 Å². The Bertz CT molecular complexity index is 943. The molecule has 3 N–H and O–H groups in total. The second-order valence-corrected chi connectivity index (χ2v) is 6.18. The van der Waals surface area contributed by atoms with E-state index >= 15 is 0 Å². The van der Waals surface area contributed by atoms with E-state index < -0.39 is 5.97 Å². The van der Waals surface area contributed by atoms with Crippen molar-refractivity contribution in [3.63, 3.8) is 0 Å². The van der Waals surface area contributed by atoms with E-state index in [9.17, 15) is 9.59 Å². The lowest BCUT2D eigenvalue weighted by Crippen LogP contribution is -2.24. The minimum atomic E-state index is -0.871. The van der Waals surface area contributed by atoms with E-state index in [4.69, 9.17) is 5.11 Å². The van der Waals surface area contributed by atoms with Gasteiger partial charge in [0, 0.05) is 31.7 Å². The first-order valence-electron chi connectivity index (χ1n) is 8.77. The Morgan fingerprint density at radius 2 is 1.54 bits per heavy atom. The number of anilines is 1. The van der Waals surface area contributed by atoms with Crippen LogP contribution in [-0.2, 0) is 24.3 Å². The van der Waals surface area contributed by atoms with E-state index in [-0.39, 0.29) is 12.3 Å². The third kappa shape index (κ3) is 5.38. The van der Waals surface area contributed by atoms with Gasteiger partial charge in [0.1, 0.15) is 5.82 Å². The van der Waals surface area contributed by atoms with E-state index in [1.807, 2.05) is 24.3 Å². The quantitative estimate of drug-likeness (QED) is 0.558. The highest BCUT2D eigenvalue weighted by atomic mass is 16.4. The number of carbonyl (C=O) groups is 2. The zero-order valence-electron chi connectivity index (χ0n) is 15.1. The molecule has 0 saturated heterocycles. The van der Waals surface area contributed by atoms with Crippen LogP contribution in [0.4, 0.5) is 5.82 Å². The van der Waals surface area contributed by atoms with Crippen LogP contribution in [0.25, 0.3) is 0 Å². The molecule has 2 aromatic heterocycles. The molecular weight excluding hydrogens is 356 g/mol. The van der Waals surface area contributed by atoms with Crippen molar-refractivity contribution in [1.29, 1.82) is 0 Å². The van der Waals surface area contributed by atoms with Gasteiger partial charge in [-0.25, -0.2) is 4.98 Å². The molecule has 0 unspecified atom stereocenters. The van der Waals surface area contributed by atoms with Crippen molar-refractivity contribution in [2.24, 2.45) is 0 Å². The highest BCUT2D eigenvalue weighted by Crippen LogP contribution is 2.13. The number of hydrogen-bond acceptors (Lipinski definition) is 5. The number of hydrogen-bond donors (Lipinski definition) is 3. The van der Waals surface area contributed by atoms with E-state index in [0.717, 1.165) is 16.7 Å². The van der Waals surface area contributed by atoms with E-state index in [1.165, 1.54) is 0 Å². The summed E-state index contributed by atoms with van der Waals surface area (Å²) >= 11 is 0. The number of rotatable bonds is 8. The molecule has 0 saturated carbocycles. The van der Waals surface area contributed by atoms with Gasteiger partial charge < -0.3 is 15.7 Å². The van der Waals surface area contributed by atoms with Gasteiger partial charge in [0.15, 0.2) is 0 Å².